The van der Waals surface area contributed by atoms with Gasteiger partial charge in [0, 0.05) is 6.07 Å². The molecule has 94 valence electrons. The number of carbonyl (C=O) groups excluding carboxylic acids is 1. The molecule has 0 aromatic heterocycles. The van der Waals surface area contributed by atoms with Crippen molar-refractivity contribution in [3.8, 4) is 5.75 Å². The summed E-state index contributed by atoms with van der Waals surface area (Å²) >= 11 is 1.61. The Labute approximate surface area is 106 Å². The molecule has 5 heteroatoms. The number of rotatable bonds is 6. The summed E-state index contributed by atoms with van der Waals surface area (Å²) in [5.41, 5.74) is 6.91. The summed E-state index contributed by atoms with van der Waals surface area (Å²) in [6.07, 6.45) is 1.07. The van der Waals surface area contributed by atoms with Gasteiger partial charge in [0.05, 0.1) is 24.2 Å². The Morgan fingerprint density at radius 3 is 2.94 bits per heavy atom. The average Bonchev–Trinajstić information content (AvgIpc) is 2.32. The van der Waals surface area contributed by atoms with Gasteiger partial charge in [0.25, 0.3) is 0 Å². The highest BCUT2D eigenvalue weighted by Gasteiger charge is 2.06. The van der Waals surface area contributed by atoms with Gasteiger partial charge in [-0.05, 0) is 24.3 Å². The van der Waals surface area contributed by atoms with Crippen molar-refractivity contribution in [3.63, 3.8) is 0 Å². The zero-order valence-electron chi connectivity index (χ0n) is 10.2. The van der Waals surface area contributed by atoms with Crippen molar-refractivity contribution in [2.24, 2.45) is 0 Å². The van der Waals surface area contributed by atoms with Crippen LogP contribution in [0, 0.1) is 0 Å². The van der Waals surface area contributed by atoms with Gasteiger partial charge in [-0.1, -0.05) is 6.92 Å². The Morgan fingerprint density at radius 1 is 1.53 bits per heavy atom. The number of ether oxygens (including phenoxy) is 1. The molecule has 4 nitrogen and oxygen atoms in total. The lowest BCUT2D eigenvalue weighted by Gasteiger charge is -2.09. The fraction of sp³-hybridized carbons (Fsp3) is 0.417. The zero-order chi connectivity index (χ0) is 12.7. The number of thioether (sulfide) groups is 1. The molecular weight excluding hydrogens is 236 g/mol. The summed E-state index contributed by atoms with van der Waals surface area (Å²) in [6.45, 7) is 2.09. The van der Waals surface area contributed by atoms with Gasteiger partial charge in [-0.2, -0.15) is 11.8 Å². The Morgan fingerprint density at radius 2 is 2.29 bits per heavy atom. The summed E-state index contributed by atoms with van der Waals surface area (Å²) in [7, 11) is 1.58. The number of nitrogens with one attached hydrogen (secondary N) is 1. The molecule has 0 atom stereocenters. The lowest BCUT2D eigenvalue weighted by Crippen LogP contribution is -2.15. The summed E-state index contributed by atoms with van der Waals surface area (Å²) in [5.74, 6) is 2.07. The van der Waals surface area contributed by atoms with Gasteiger partial charge in [-0.15, -0.1) is 0 Å². The molecule has 3 N–H and O–H groups in total. The molecule has 0 aliphatic heterocycles. The highest BCUT2D eigenvalue weighted by molar-refractivity contribution is 7.99. The number of benzene rings is 1. The fourth-order valence-electron chi connectivity index (χ4n) is 1.27. The molecule has 1 rings (SSSR count). The van der Waals surface area contributed by atoms with Crippen molar-refractivity contribution >= 4 is 29.0 Å². The zero-order valence-corrected chi connectivity index (χ0v) is 11.0. The maximum absolute atomic E-state index is 11.6. The standard InChI is InChI=1S/C12H18N2O2S/c1-3-6-17-8-12(15)14-11-7-9(16-2)4-5-10(11)13/h4-5,7H,3,6,8,13H2,1-2H3,(H,14,15). The number of hydrogen-bond acceptors (Lipinski definition) is 4. The molecule has 1 aromatic carbocycles. The van der Waals surface area contributed by atoms with Crippen LogP contribution in [0.3, 0.4) is 0 Å². The normalized spacial score (nSPS) is 10.0. The van der Waals surface area contributed by atoms with Gasteiger partial charge in [0.15, 0.2) is 0 Å². The van der Waals surface area contributed by atoms with Crippen LogP contribution in [0.2, 0.25) is 0 Å². The average molecular weight is 254 g/mol. The first kappa shape index (κ1) is 13.7. The Kier molecular flexibility index (Phi) is 5.69. The predicted molar refractivity (Wildman–Crippen MR) is 73.7 cm³/mol. The van der Waals surface area contributed by atoms with Crippen LogP contribution in [-0.2, 0) is 4.79 Å². The molecule has 0 heterocycles. The summed E-state index contributed by atoms with van der Waals surface area (Å²) in [6, 6.07) is 5.20. The lowest BCUT2D eigenvalue weighted by atomic mass is 10.2. The largest absolute Gasteiger partial charge is 0.497 e. The number of carbonyl (C=O) groups is 1. The molecule has 1 amide bonds. The highest BCUT2D eigenvalue weighted by Crippen LogP contribution is 2.24. The van der Waals surface area contributed by atoms with Crippen molar-refractivity contribution in [2.75, 3.05) is 29.7 Å². The van der Waals surface area contributed by atoms with Gasteiger partial charge in [-0.25, -0.2) is 0 Å². The maximum atomic E-state index is 11.6. The molecule has 0 aliphatic carbocycles. The van der Waals surface area contributed by atoms with E-state index in [1.54, 1.807) is 37.1 Å². The SMILES string of the molecule is CCCSCC(=O)Nc1cc(OC)ccc1N. The van der Waals surface area contributed by atoms with E-state index in [1.165, 1.54) is 0 Å². The van der Waals surface area contributed by atoms with Gasteiger partial charge in [0.2, 0.25) is 5.91 Å². The molecule has 0 aliphatic rings. The van der Waals surface area contributed by atoms with Crippen molar-refractivity contribution in [1.29, 1.82) is 0 Å². The predicted octanol–water partition coefficient (Wildman–Crippen LogP) is 2.36. The molecule has 0 saturated heterocycles. The first-order valence-electron chi connectivity index (χ1n) is 5.48. The minimum absolute atomic E-state index is 0.0385. The molecule has 0 unspecified atom stereocenters. The van der Waals surface area contributed by atoms with Gasteiger partial charge in [0.1, 0.15) is 5.75 Å². The summed E-state index contributed by atoms with van der Waals surface area (Å²) in [4.78, 5) is 11.6. The van der Waals surface area contributed by atoms with Crippen molar-refractivity contribution in [1.82, 2.24) is 0 Å². The van der Waals surface area contributed by atoms with E-state index in [4.69, 9.17) is 10.5 Å². The third kappa shape index (κ3) is 4.56. The Bertz CT molecular complexity index is 383. The highest BCUT2D eigenvalue weighted by atomic mass is 32.2. The Balaban J connectivity index is 2.57. The molecule has 0 bridgehead atoms. The molecule has 0 radical (unpaired) electrons. The molecule has 1 aromatic rings. The smallest absolute Gasteiger partial charge is 0.234 e. The second-order valence-corrected chi connectivity index (χ2v) is 4.66. The van der Waals surface area contributed by atoms with E-state index in [0.717, 1.165) is 12.2 Å². The van der Waals surface area contributed by atoms with E-state index < -0.39 is 0 Å². The molecule has 0 saturated carbocycles. The van der Waals surface area contributed by atoms with Crippen LogP contribution in [0.25, 0.3) is 0 Å². The quantitative estimate of drug-likeness (QED) is 0.604. The second kappa shape index (κ2) is 7.06. The van der Waals surface area contributed by atoms with E-state index in [0.29, 0.717) is 22.9 Å². The fourth-order valence-corrected chi connectivity index (χ4v) is 1.96. The van der Waals surface area contributed by atoms with E-state index >= 15 is 0 Å². The summed E-state index contributed by atoms with van der Waals surface area (Å²) < 4.78 is 5.08. The van der Waals surface area contributed by atoms with Gasteiger partial charge in [-0.3, -0.25) is 4.79 Å². The molecule has 0 fully saturated rings. The first-order chi connectivity index (χ1) is 8.17. The number of nitrogen functional groups attached to an aromatic ring is 1. The topological polar surface area (TPSA) is 64.3 Å². The van der Waals surface area contributed by atoms with E-state index in [-0.39, 0.29) is 5.91 Å². The Hall–Kier alpha value is -1.36. The minimum atomic E-state index is -0.0385. The number of methoxy groups -OCH3 is 1. The van der Waals surface area contributed by atoms with Gasteiger partial charge < -0.3 is 15.8 Å². The van der Waals surface area contributed by atoms with Crippen LogP contribution in [-0.4, -0.2) is 24.5 Å². The third-order valence-electron chi connectivity index (χ3n) is 2.12. The molecule has 17 heavy (non-hydrogen) atoms. The van der Waals surface area contributed by atoms with Crippen LogP contribution in [0.15, 0.2) is 18.2 Å². The lowest BCUT2D eigenvalue weighted by molar-refractivity contribution is -0.113. The number of amides is 1. The monoisotopic (exact) mass is 254 g/mol. The number of nitrogens with two attached hydrogens (primary N) is 1. The van der Waals surface area contributed by atoms with Crippen LogP contribution in [0.5, 0.6) is 5.75 Å². The van der Waals surface area contributed by atoms with Crippen LogP contribution in [0.1, 0.15) is 13.3 Å². The van der Waals surface area contributed by atoms with Crippen molar-refractivity contribution in [2.45, 2.75) is 13.3 Å². The van der Waals surface area contributed by atoms with E-state index in [1.807, 2.05) is 0 Å². The van der Waals surface area contributed by atoms with E-state index in [9.17, 15) is 4.79 Å². The second-order valence-electron chi connectivity index (χ2n) is 3.55. The van der Waals surface area contributed by atoms with E-state index in [2.05, 4.69) is 12.2 Å². The van der Waals surface area contributed by atoms with Crippen molar-refractivity contribution in [3.05, 3.63) is 18.2 Å². The number of hydrogen-bond donors (Lipinski definition) is 2. The molecular formula is C12H18N2O2S. The van der Waals surface area contributed by atoms with Crippen molar-refractivity contribution < 1.29 is 9.53 Å². The van der Waals surface area contributed by atoms with Crippen LogP contribution < -0.4 is 15.8 Å². The number of anilines is 2. The summed E-state index contributed by atoms with van der Waals surface area (Å²) in [5, 5.41) is 2.78. The maximum Gasteiger partial charge on any atom is 0.234 e. The molecule has 0 spiro atoms. The van der Waals surface area contributed by atoms with Gasteiger partial charge >= 0.3 is 0 Å². The third-order valence-corrected chi connectivity index (χ3v) is 3.28. The van der Waals surface area contributed by atoms with Crippen LogP contribution in [0.4, 0.5) is 11.4 Å². The minimum Gasteiger partial charge on any atom is -0.497 e. The van der Waals surface area contributed by atoms with Crippen LogP contribution >= 0.6 is 11.8 Å². The first-order valence-corrected chi connectivity index (χ1v) is 6.64.